The molecule has 1 aliphatic rings. The van der Waals surface area contributed by atoms with Crippen LogP contribution in [0.2, 0.25) is 5.02 Å². The number of halogens is 2. The molecule has 1 aromatic heterocycles. The number of nitrogens with zero attached hydrogens (tertiary/aromatic N) is 3. The predicted octanol–water partition coefficient (Wildman–Crippen LogP) is 3.44. The first kappa shape index (κ1) is 14.6. The van der Waals surface area contributed by atoms with Crippen LogP contribution in [0, 0.1) is 17.1 Å². The quantitative estimate of drug-likeness (QED) is 0.942. The lowest BCUT2D eigenvalue weighted by Gasteiger charge is -2.19. The van der Waals surface area contributed by atoms with Crippen molar-refractivity contribution >= 4 is 23.1 Å². The van der Waals surface area contributed by atoms with E-state index in [0.29, 0.717) is 11.4 Å². The van der Waals surface area contributed by atoms with Gasteiger partial charge in [0, 0.05) is 31.0 Å². The van der Waals surface area contributed by atoms with Gasteiger partial charge in [-0.15, -0.1) is 0 Å². The molecule has 1 aromatic carbocycles. The molecule has 6 heteroatoms. The van der Waals surface area contributed by atoms with E-state index in [2.05, 4.69) is 21.3 Å². The summed E-state index contributed by atoms with van der Waals surface area (Å²) >= 11 is 5.83. The summed E-state index contributed by atoms with van der Waals surface area (Å²) in [4.78, 5) is 6.35. The Bertz CT molecular complexity index is 728. The lowest BCUT2D eigenvalue weighted by atomic mass is 10.2. The predicted molar refractivity (Wildman–Crippen MR) is 84.6 cm³/mol. The van der Waals surface area contributed by atoms with Gasteiger partial charge in [-0.2, -0.15) is 5.26 Å². The Morgan fingerprint density at radius 2 is 2.27 bits per heavy atom. The molecule has 1 fully saturated rings. The van der Waals surface area contributed by atoms with E-state index < -0.39 is 5.82 Å². The molecule has 1 saturated heterocycles. The molecule has 0 bridgehead atoms. The van der Waals surface area contributed by atoms with Crippen molar-refractivity contribution in [1.29, 1.82) is 5.26 Å². The zero-order valence-electron chi connectivity index (χ0n) is 11.8. The molecular formula is C16H14ClFN4. The molecule has 1 atom stereocenters. The lowest BCUT2D eigenvalue weighted by molar-refractivity contribution is 0.628. The summed E-state index contributed by atoms with van der Waals surface area (Å²) < 4.78 is 13.2. The molecular weight excluding hydrogens is 303 g/mol. The third-order valence-corrected chi connectivity index (χ3v) is 4.02. The van der Waals surface area contributed by atoms with Crippen molar-refractivity contribution in [1.82, 2.24) is 4.98 Å². The van der Waals surface area contributed by atoms with Crippen LogP contribution in [0.25, 0.3) is 0 Å². The molecule has 112 valence electrons. The van der Waals surface area contributed by atoms with E-state index in [-0.39, 0.29) is 11.1 Å². The topological polar surface area (TPSA) is 52.0 Å². The van der Waals surface area contributed by atoms with Crippen molar-refractivity contribution in [2.75, 3.05) is 23.3 Å². The average Bonchev–Trinajstić information content (AvgIpc) is 2.99. The van der Waals surface area contributed by atoms with Crippen LogP contribution in [-0.2, 0) is 0 Å². The Hall–Kier alpha value is -2.32. The second kappa shape index (κ2) is 6.20. The van der Waals surface area contributed by atoms with Crippen molar-refractivity contribution in [2.45, 2.75) is 12.5 Å². The number of hydrogen-bond donors (Lipinski definition) is 1. The minimum absolute atomic E-state index is 0.130. The molecule has 1 N–H and O–H groups in total. The largest absolute Gasteiger partial charge is 0.369 e. The zero-order chi connectivity index (χ0) is 15.5. The van der Waals surface area contributed by atoms with Gasteiger partial charge in [-0.1, -0.05) is 11.6 Å². The third kappa shape index (κ3) is 2.97. The molecule has 3 rings (SSSR count). The first-order valence-electron chi connectivity index (χ1n) is 6.99. The van der Waals surface area contributed by atoms with Gasteiger partial charge >= 0.3 is 0 Å². The zero-order valence-corrected chi connectivity index (χ0v) is 12.5. The van der Waals surface area contributed by atoms with Crippen molar-refractivity contribution in [3.63, 3.8) is 0 Å². The van der Waals surface area contributed by atoms with E-state index in [1.807, 2.05) is 0 Å². The Morgan fingerprint density at radius 3 is 3.05 bits per heavy atom. The third-order valence-electron chi connectivity index (χ3n) is 3.73. The first-order valence-corrected chi connectivity index (χ1v) is 7.37. The summed E-state index contributed by atoms with van der Waals surface area (Å²) in [5, 5.41) is 12.5. The summed E-state index contributed by atoms with van der Waals surface area (Å²) in [6.07, 6.45) is 2.58. The van der Waals surface area contributed by atoms with Gasteiger partial charge in [0.15, 0.2) is 0 Å². The van der Waals surface area contributed by atoms with Gasteiger partial charge in [0.05, 0.1) is 10.6 Å². The number of pyridine rings is 1. The molecule has 0 radical (unpaired) electrons. The van der Waals surface area contributed by atoms with Gasteiger partial charge in [0.25, 0.3) is 0 Å². The van der Waals surface area contributed by atoms with E-state index in [9.17, 15) is 4.39 Å². The Morgan fingerprint density at radius 1 is 1.41 bits per heavy atom. The van der Waals surface area contributed by atoms with Crippen molar-refractivity contribution in [3.05, 3.63) is 52.9 Å². The van der Waals surface area contributed by atoms with Gasteiger partial charge in [0.2, 0.25) is 0 Å². The normalized spacial score (nSPS) is 17.3. The van der Waals surface area contributed by atoms with Crippen molar-refractivity contribution in [2.24, 2.45) is 0 Å². The van der Waals surface area contributed by atoms with Crippen molar-refractivity contribution < 1.29 is 4.39 Å². The maximum Gasteiger partial charge on any atom is 0.144 e. The lowest BCUT2D eigenvalue weighted by Crippen LogP contribution is -2.26. The smallest absolute Gasteiger partial charge is 0.144 e. The van der Waals surface area contributed by atoms with E-state index >= 15 is 0 Å². The van der Waals surface area contributed by atoms with Crippen LogP contribution in [0.1, 0.15) is 12.0 Å². The minimum atomic E-state index is -0.411. The number of rotatable bonds is 3. The molecule has 1 unspecified atom stereocenters. The Labute approximate surface area is 133 Å². The van der Waals surface area contributed by atoms with E-state index in [1.165, 1.54) is 6.07 Å². The second-order valence-corrected chi connectivity index (χ2v) is 5.59. The minimum Gasteiger partial charge on any atom is -0.369 e. The van der Waals surface area contributed by atoms with Crippen LogP contribution < -0.4 is 10.2 Å². The fourth-order valence-corrected chi connectivity index (χ4v) is 2.77. The maximum atomic E-state index is 13.2. The van der Waals surface area contributed by atoms with E-state index in [4.69, 9.17) is 16.9 Å². The monoisotopic (exact) mass is 316 g/mol. The van der Waals surface area contributed by atoms with E-state index in [1.54, 1.807) is 30.5 Å². The fraction of sp³-hybridized carbons (Fsp3) is 0.250. The van der Waals surface area contributed by atoms with Gasteiger partial charge in [-0.3, -0.25) is 0 Å². The fourth-order valence-electron chi connectivity index (χ4n) is 2.60. The van der Waals surface area contributed by atoms with Crippen LogP contribution in [0.15, 0.2) is 36.5 Å². The Balaban J connectivity index is 1.70. The van der Waals surface area contributed by atoms with Gasteiger partial charge in [-0.25, -0.2) is 9.37 Å². The van der Waals surface area contributed by atoms with Crippen molar-refractivity contribution in [3.8, 4) is 6.07 Å². The maximum absolute atomic E-state index is 13.2. The molecule has 0 spiro atoms. The second-order valence-electron chi connectivity index (χ2n) is 5.19. The molecule has 0 amide bonds. The van der Waals surface area contributed by atoms with Gasteiger partial charge in [-0.05, 0) is 36.8 Å². The Kier molecular flexibility index (Phi) is 4.12. The van der Waals surface area contributed by atoms with Gasteiger partial charge < -0.3 is 10.2 Å². The standard InChI is InChI=1S/C16H14ClFN4/c17-14-8-13(3-4-15(14)18)22-7-5-12(10-22)21-16-11(9-19)2-1-6-20-16/h1-4,6,8,12H,5,7,10H2,(H,20,21). The molecule has 2 heterocycles. The summed E-state index contributed by atoms with van der Waals surface area (Å²) in [5.41, 5.74) is 1.43. The number of nitrogens with one attached hydrogen (secondary N) is 1. The van der Waals surface area contributed by atoms with Crippen LogP contribution >= 0.6 is 11.6 Å². The van der Waals surface area contributed by atoms with Gasteiger partial charge in [0.1, 0.15) is 17.7 Å². The summed E-state index contributed by atoms with van der Waals surface area (Å²) in [6, 6.07) is 10.5. The highest BCUT2D eigenvalue weighted by atomic mass is 35.5. The number of aromatic nitrogens is 1. The summed E-state index contributed by atoms with van der Waals surface area (Å²) in [6.45, 7) is 1.59. The van der Waals surface area contributed by atoms with E-state index in [0.717, 1.165) is 25.2 Å². The number of nitriles is 1. The highest BCUT2D eigenvalue weighted by Crippen LogP contribution is 2.26. The summed E-state index contributed by atoms with van der Waals surface area (Å²) in [7, 11) is 0. The SMILES string of the molecule is N#Cc1cccnc1NC1CCN(c2ccc(F)c(Cl)c2)C1. The first-order chi connectivity index (χ1) is 10.7. The highest BCUT2D eigenvalue weighted by molar-refractivity contribution is 6.31. The molecule has 2 aromatic rings. The highest BCUT2D eigenvalue weighted by Gasteiger charge is 2.24. The average molecular weight is 317 g/mol. The van der Waals surface area contributed by atoms with Crippen LogP contribution in [0.4, 0.5) is 15.9 Å². The molecule has 4 nitrogen and oxygen atoms in total. The molecule has 22 heavy (non-hydrogen) atoms. The number of hydrogen-bond acceptors (Lipinski definition) is 4. The number of anilines is 2. The number of benzene rings is 1. The summed E-state index contributed by atoms with van der Waals surface area (Å²) in [5.74, 6) is 0.195. The molecule has 0 saturated carbocycles. The van der Waals surface area contributed by atoms with Crippen LogP contribution in [0.3, 0.4) is 0 Å². The molecule has 0 aliphatic carbocycles. The molecule has 1 aliphatic heterocycles. The van der Waals surface area contributed by atoms with Crippen LogP contribution in [0.5, 0.6) is 0 Å². The van der Waals surface area contributed by atoms with Crippen LogP contribution in [-0.4, -0.2) is 24.1 Å².